The summed E-state index contributed by atoms with van der Waals surface area (Å²) in [6.07, 6.45) is 0.288. The topological polar surface area (TPSA) is 59.9 Å². The number of halogens is 1. The van der Waals surface area contributed by atoms with Gasteiger partial charge in [-0.25, -0.2) is 0 Å². The summed E-state index contributed by atoms with van der Waals surface area (Å²) >= 11 is 7.86. The van der Waals surface area contributed by atoms with E-state index in [-0.39, 0.29) is 17.6 Å². The molecule has 1 aliphatic rings. The fourth-order valence-corrected chi connectivity index (χ4v) is 4.96. The molecule has 1 atom stereocenters. The molecule has 3 aromatic carbocycles. The van der Waals surface area contributed by atoms with E-state index in [4.69, 9.17) is 26.1 Å². The molecule has 1 aliphatic heterocycles. The molecule has 0 fully saturated rings. The van der Waals surface area contributed by atoms with Crippen LogP contribution in [0, 0.1) is 0 Å². The lowest BCUT2D eigenvalue weighted by Crippen LogP contribution is -2.31. The highest BCUT2D eigenvalue weighted by molar-refractivity contribution is 8.01. The molecule has 5 nitrogen and oxygen atoms in total. The van der Waals surface area contributed by atoms with E-state index in [0.717, 1.165) is 27.4 Å². The highest BCUT2D eigenvalue weighted by Gasteiger charge is 2.28. The van der Waals surface area contributed by atoms with Gasteiger partial charge in [-0.05, 0) is 42.0 Å². The fourth-order valence-electron chi connectivity index (χ4n) is 3.52. The summed E-state index contributed by atoms with van der Waals surface area (Å²) in [4.78, 5) is 18.8. The molecule has 1 N–H and O–H groups in total. The number of nitrogens with one attached hydrogen (secondary N) is 1. The molecule has 3 aromatic rings. The molecule has 0 unspecified atom stereocenters. The van der Waals surface area contributed by atoms with Gasteiger partial charge in [0, 0.05) is 28.4 Å². The largest absolute Gasteiger partial charge is 0.493 e. The highest BCUT2D eigenvalue weighted by Crippen LogP contribution is 2.41. The second-order valence-electron chi connectivity index (χ2n) is 7.21. The Morgan fingerprint density at radius 1 is 1.03 bits per heavy atom. The van der Waals surface area contributed by atoms with E-state index in [9.17, 15) is 4.79 Å². The number of hydrogen-bond acceptors (Lipinski definition) is 5. The minimum Gasteiger partial charge on any atom is -0.493 e. The summed E-state index contributed by atoms with van der Waals surface area (Å²) in [7, 11) is 3.21. The number of rotatable bonds is 7. The lowest BCUT2D eigenvalue weighted by molar-refractivity contribution is -0.121. The van der Waals surface area contributed by atoms with Crippen LogP contribution in [0.25, 0.3) is 0 Å². The van der Waals surface area contributed by atoms with Crippen molar-refractivity contribution in [3.8, 4) is 11.5 Å². The molecule has 0 saturated heterocycles. The number of para-hydroxylation sites is 1. The summed E-state index contributed by atoms with van der Waals surface area (Å²) in [6.45, 7) is 0.384. The third kappa shape index (κ3) is 4.92. The second kappa shape index (κ2) is 10.1. The van der Waals surface area contributed by atoms with Gasteiger partial charge in [0.05, 0.1) is 30.9 Å². The van der Waals surface area contributed by atoms with Crippen molar-refractivity contribution in [2.45, 2.75) is 23.1 Å². The van der Waals surface area contributed by atoms with Crippen LogP contribution in [-0.2, 0) is 11.3 Å². The smallest absolute Gasteiger partial charge is 0.221 e. The zero-order valence-electron chi connectivity index (χ0n) is 17.8. The Hall–Kier alpha value is -2.96. The predicted octanol–water partition coefficient (Wildman–Crippen LogP) is 5.66. The molecule has 0 aromatic heterocycles. The Bertz CT molecular complexity index is 1170. The van der Waals surface area contributed by atoms with E-state index in [2.05, 4.69) is 5.32 Å². The quantitative estimate of drug-likeness (QED) is 0.488. The van der Waals surface area contributed by atoms with Crippen LogP contribution in [0.4, 0.5) is 5.69 Å². The van der Waals surface area contributed by atoms with E-state index in [1.807, 2.05) is 66.7 Å². The zero-order valence-corrected chi connectivity index (χ0v) is 19.4. The van der Waals surface area contributed by atoms with Gasteiger partial charge in [-0.2, -0.15) is 0 Å². The van der Waals surface area contributed by atoms with Crippen molar-refractivity contribution < 1.29 is 14.3 Å². The first-order valence-electron chi connectivity index (χ1n) is 10.2. The number of thioether (sulfide) groups is 1. The summed E-state index contributed by atoms with van der Waals surface area (Å²) in [5.74, 6) is 1.21. The Morgan fingerprint density at radius 3 is 2.56 bits per heavy atom. The number of nitrogens with zero attached hydrogens (tertiary/aromatic N) is 1. The molecule has 0 saturated carbocycles. The number of ether oxygens (including phenoxy) is 2. The summed E-state index contributed by atoms with van der Waals surface area (Å²) < 4.78 is 10.8. The van der Waals surface area contributed by atoms with Crippen molar-refractivity contribution in [3.05, 3.63) is 82.9 Å². The molecular weight excluding hydrogens is 444 g/mol. The number of aliphatic imine (C=N–C) groups is 1. The average molecular weight is 467 g/mol. The summed E-state index contributed by atoms with van der Waals surface area (Å²) in [6, 6.07) is 21.2. The van der Waals surface area contributed by atoms with Gasteiger partial charge in [-0.15, -0.1) is 11.8 Å². The van der Waals surface area contributed by atoms with Crippen molar-refractivity contribution in [2.24, 2.45) is 4.99 Å². The molecule has 7 heteroatoms. The molecule has 0 bridgehead atoms. The van der Waals surface area contributed by atoms with Gasteiger partial charge in [-0.3, -0.25) is 9.79 Å². The van der Waals surface area contributed by atoms with Crippen LogP contribution in [0.5, 0.6) is 11.5 Å². The third-order valence-corrected chi connectivity index (χ3v) is 6.81. The predicted molar refractivity (Wildman–Crippen MR) is 130 cm³/mol. The first-order chi connectivity index (χ1) is 15.6. The van der Waals surface area contributed by atoms with Gasteiger partial charge in [-0.1, -0.05) is 41.9 Å². The molecule has 4 rings (SSSR count). The first kappa shape index (κ1) is 22.2. The van der Waals surface area contributed by atoms with E-state index >= 15 is 0 Å². The first-order valence-corrected chi connectivity index (χ1v) is 11.4. The number of amides is 1. The lowest BCUT2D eigenvalue weighted by Gasteiger charge is -2.25. The maximum atomic E-state index is 12.8. The Labute approximate surface area is 196 Å². The zero-order chi connectivity index (χ0) is 22.5. The molecule has 1 amide bonds. The van der Waals surface area contributed by atoms with Crippen molar-refractivity contribution in [1.29, 1.82) is 0 Å². The van der Waals surface area contributed by atoms with Crippen LogP contribution in [-0.4, -0.2) is 31.1 Å². The Morgan fingerprint density at radius 2 is 1.78 bits per heavy atom. The minimum absolute atomic E-state index is 0.0602. The molecule has 164 valence electrons. The van der Waals surface area contributed by atoms with Crippen molar-refractivity contribution in [3.63, 3.8) is 0 Å². The third-order valence-electron chi connectivity index (χ3n) is 5.16. The number of carbonyl (C=O) groups excluding carboxylic acids is 1. The summed E-state index contributed by atoms with van der Waals surface area (Å²) in [5, 5.41) is 3.48. The van der Waals surface area contributed by atoms with Crippen LogP contribution in [0.1, 0.15) is 17.5 Å². The van der Waals surface area contributed by atoms with Crippen LogP contribution >= 0.6 is 23.4 Å². The molecule has 1 heterocycles. The fraction of sp³-hybridized carbons (Fsp3) is 0.200. The highest BCUT2D eigenvalue weighted by atomic mass is 35.5. The average Bonchev–Trinajstić information content (AvgIpc) is 2.82. The maximum Gasteiger partial charge on any atom is 0.221 e. The van der Waals surface area contributed by atoms with Crippen molar-refractivity contribution in [2.75, 3.05) is 14.2 Å². The standard InChI is InChI=1S/C25H23ClN2O3S/c1-30-20-12-11-16(13-21(20)31-2)25-23(32-22-10-6-5-9-19(22)28-25)14-24(29)27-15-17-7-3-4-8-18(17)26/h3-13,23H,14-15H2,1-2H3,(H,27,29)/t23-/m0/s1. The van der Waals surface area contributed by atoms with E-state index in [1.165, 1.54) is 0 Å². The van der Waals surface area contributed by atoms with Crippen molar-refractivity contribution in [1.82, 2.24) is 5.32 Å². The van der Waals surface area contributed by atoms with Gasteiger partial charge in [0.15, 0.2) is 11.5 Å². The Kier molecular flexibility index (Phi) is 7.02. The lowest BCUT2D eigenvalue weighted by atomic mass is 10.0. The van der Waals surface area contributed by atoms with E-state index in [1.54, 1.807) is 26.0 Å². The van der Waals surface area contributed by atoms with E-state index < -0.39 is 0 Å². The van der Waals surface area contributed by atoms with Crippen LogP contribution in [0.3, 0.4) is 0 Å². The van der Waals surface area contributed by atoms with Gasteiger partial charge in [0.25, 0.3) is 0 Å². The molecular formula is C25H23ClN2O3S. The minimum atomic E-state index is -0.144. The number of benzene rings is 3. The summed E-state index contributed by atoms with van der Waals surface area (Å²) in [5.41, 5.74) is 3.52. The van der Waals surface area contributed by atoms with Crippen molar-refractivity contribution >= 4 is 40.7 Å². The van der Waals surface area contributed by atoms with Gasteiger partial charge < -0.3 is 14.8 Å². The van der Waals surface area contributed by atoms with Gasteiger partial charge in [0.2, 0.25) is 5.91 Å². The number of hydrogen-bond donors (Lipinski definition) is 1. The number of fused-ring (bicyclic) bond motifs is 1. The van der Waals surface area contributed by atoms with Crippen LogP contribution < -0.4 is 14.8 Å². The van der Waals surface area contributed by atoms with Crippen LogP contribution in [0.2, 0.25) is 5.02 Å². The number of methoxy groups -OCH3 is 2. The number of carbonyl (C=O) groups is 1. The van der Waals surface area contributed by atoms with Gasteiger partial charge >= 0.3 is 0 Å². The molecule has 32 heavy (non-hydrogen) atoms. The monoisotopic (exact) mass is 466 g/mol. The normalized spacial score (nSPS) is 14.8. The van der Waals surface area contributed by atoms with Crippen LogP contribution in [0.15, 0.2) is 76.6 Å². The maximum absolute atomic E-state index is 12.8. The second-order valence-corrected chi connectivity index (χ2v) is 8.87. The molecule has 0 spiro atoms. The molecule has 0 aliphatic carbocycles. The Balaban J connectivity index is 1.58. The molecule has 0 radical (unpaired) electrons. The van der Waals surface area contributed by atoms with Gasteiger partial charge in [0.1, 0.15) is 0 Å². The SMILES string of the molecule is COc1ccc(C2=Nc3ccccc3S[C@H]2CC(=O)NCc2ccccc2Cl)cc1OC. The van der Waals surface area contributed by atoms with E-state index in [0.29, 0.717) is 23.1 Å².